The number of nitrogens with one attached hydrogen (secondary N) is 3. The van der Waals surface area contributed by atoms with Crippen molar-refractivity contribution < 1.29 is 32.4 Å². The fourth-order valence-electron chi connectivity index (χ4n) is 7.20. The second-order valence-corrected chi connectivity index (χ2v) is 18.3. The molecule has 2 aliphatic carbocycles. The molecule has 0 bridgehead atoms. The van der Waals surface area contributed by atoms with Crippen molar-refractivity contribution in [3.05, 3.63) is 11.1 Å². The van der Waals surface area contributed by atoms with Crippen LogP contribution in [0.2, 0.25) is 0 Å². The number of nitrogens with two attached hydrogens (primary N) is 1. The number of piperidine rings is 1. The van der Waals surface area contributed by atoms with Crippen molar-refractivity contribution in [3.8, 4) is 0 Å². The molecule has 2 heterocycles. The Morgan fingerprint density at radius 3 is 2.04 bits per heavy atom. The highest BCUT2D eigenvalue weighted by molar-refractivity contribution is 7.89. The Bertz CT molecular complexity index is 1420. The number of sulfonamides is 1. The van der Waals surface area contributed by atoms with Gasteiger partial charge in [-0.2, -0.15) is 4.31 Å². The largest absolute Gasteiger partial charge is 0.363 e. The molecule has 264 valence electrons. The number of carbonyl (C=O) groups excluding carboxylic acids is 5. The first-order chi connectivity index (χ1) is 21.6. The lowest BCUT2D eigenvalue weighted by atomic mass is 9.80. The lowest BCUT2D eigenvalue weighted by Gasteiger charge is -2.38. The van der Waals surface area contributed by atoms with E-state index in [1.165, 1.54) is 9.21 Å². The quantitative estimate of drug-likeness (QED) is 0.189. The van der Waals surface area contributed by atoms with Gasteiger partial charge in [-0.3, -0.25) is 19.2 Å². The van der Waals surface area contributed by atoms with Gasteiger partial charge in [0.25, 0.3) is 5.91 Å². The van der Waals surface area contributed by atoms with E-state index in [0.717, 1.165) is 30.4 Å². The lowest BCUT2D eigenvalue weighted by Crippen LogP contribution is -2.62. The lowest BCUT2D eigenvalue weighted by molar-refractivity contribution is -0.144. The van der Waals surface area contributed by atoms with Crippen LogP contribution in [0.25, 0.3) is 0 Å². The van der Waals surface area contributed by atoms with Gasteiger partial charge in [0.2, 0.25) is 27.6 Å². The molecule has 13 nitrogen and oxygen atoms in total. The number of urea groups is 1. The molecule has 0 spiro atoms. The zero-order valence-electron chi connectivity index (χ0n) is 29.1. The van der Waals surface area contributed by atoms with E-state index in [4.69, 9.17) is 5.73 Å². The first kappa shape index (κ1) is 36.8. The number of nitrogens with zero attached hydrogens (tertiary/aromatic N) is 2. The van der Waals surface area contributed by atoms with Crippen LogP contribution in [-0.2, 0) is 29.2 Å². The predicted molar refractivity (Wildman–Crippen MR) is 177 cm³/mol. The minimum absolute atomic E-state index is 0.0150. The molecule has 2 saturated heterocycles. The highest BCUT2D eigenvalue weighted by Gasteiger charge is 2.62. The van der Waals surface area contributed by atoms with E-state index in [0.29, 0.717) is 19.4 Å². The molecule has 0 aromatic rings. The van der Waals surface area contributed by atoms with E-state index in [1.54, 1.807) is 0 Å². The smallest absolute Gasteiger partial charge is 0.315 e. The Morgan fingerprint density at radius 1 is 0.936 bits per heavy atom. The molecular weight excluding hydrogens is 624 g/mol. The first-order valence-electron chi connectivity index (χ1n) is 16.8. The monoisotopic (exact) mass is 678 g/mol. The Hall–Kier alpha value is -3.00. The molecule has 2 aliphatic heterocycles. The van der Waals surface area contributed by atoms with E-state index >= 15 is 0 Å². The molecular formula is C33H54N6O7S. The fourth-order valence-corrected chi connectivity index (χ4v) is 8.74. The van der Waals surface area contributed by atoms with Gasteiger partial charge in [-0.25, -0.2) is 13.2 Å². The van der Waals surface area contributed by atoms with Crippen molar-refractivity contribution in [2.45, 2.75) is 112 Å². The van der Waals surface area contributed by atoms with Gasteiger partial charge in [0.15, 0.2) is 0 Å². The minimum Gasteiger partial charge on any atom is -0.363 e. The number of allylic oxidation sites excluding steroid dienone is 1. The van der Waals surface area contributed by atoms with Crippen LogP contribution in [0.5, 0.6) is 0 Å². The molecule has 5 amide bonds. The summed E-state index contributed by atoms with van der Waals surface area (Å²) in [5.41, 5.74) is 6.27. The van der Waals surface area contributed by atoms with Crippen molar-refractivity contribution in [1.29, 1.82) is 0 Å². The van der Waals surface area contributed by atoms with Crippen LogP contribution in [-0.4, -0.2) is 96.7 Å². The van der Waals surface area contributed by atoms with Crippen LogP contribution >= 0.6 is 0 Å². The van der Waals surface area contributed by atoms with Crippen LogP contribution < -0.4 is 21.7 Å². The Balaban J connectivity index is 1.55. The van der Waals surface area contributed by atoms with Crippen molar-refractivity contribution in [3.63, 3.8) is 0 Å². The molecule has 6 atom stereocenters. The summed E-state index contributed by atoms with van der Waals surface area (Å²) in [6, 6.07) is -4.16. The predicted octanol–water partition coefficient (Wildman–Crippen LogP) is 1.67. The molecule has 47 heavy (non-hydrogen) atoms. The number of carbonyl (C=O) groups is 5. The zero-order chi connectivity index (χ0) is 35.2. The van der Waals surface area contributed by atoms with Gasteiger partial charge in [0, 0.05) is 37.5 Å². The van der Waals surface area contributed by atoms with Crippen molar-refractivity contribution in [1.82, 2.24) is 25.2 Å². The van der Waals surface area contributed by atoms with Gasteiger partial charge < -0.3 is 26.6 Å². The van der Waals surface area contributed by atoms with E-state index < -0.39 is 74.6 Å². The average molecular weight is 679 g/mol. The summed E-state index contributed by atoms with van der Waals surface area (Å²) in [7, 11) is -3.39. The number of Topliss-reactive ketones (excluding diaryl/α,β-unsaturated/α-hetero) is 1. The van der Waals surface area contributed by atoms with Gasteiger partial charge >= 0.3 is 6.03 Å². The average Bonchev–Trinajstić information content (AvgIpc) is 3.32. The van der Waals surface area contributed by atoms with Gasteiger partial charge in [0.1, 0.15) is 12.1 Å². The number of primary amides is 1. The Labute approximate surface area is 279 Å². The second kappa shape index (κ2) is 13.5. The molecule has 0 aromatic heterocycles. The highest BCUT2D eigenvalue weighted by atomic mass is 32.2. The van der Waals surface area contributed by atoms with Crippen molar-refractivity contribution >= 4 is 39.6 Å². The zero-order valence-corrected chi connectivity index (χ0v) is 30.0. The number of fused-ring (bicyclic) bond motifs is 1. The molecule has 0 aromatic carbocycles. The number of amides is 5. The molecule has 4 rings (SSSR count). The highest BCUT2D eigenvalue weighted by Crippen LogP contribution is 2.56. The number of rotatable bonds is 11. The Morgan fingerprint density at radius 2 is 1.57 bits per heavy atom. The molecule has 0 radical (unpaired) electrons. The van der Waals surface area contributed by atoms with Gasteiger partial charge in [-0.1, -0.05) is 72.0 Å². The van der Waals surface area contributed by atoms with Crippen LogP contribution in [0, 0.1) is 28.6 Å². The topological polar surface area (TPSA) is 188 Å². The maximum atomic E-state index is 14.4. The third-order valence-corrected chi connectivity index (χ3v) is 12.2. The maximum Gasteiger partial charge on any atom is 0.315 e. The van der Waals surface area contributed by atoms with Gasteiger partial charge in [-0.05, 0) is 43.4 Å². The van der Waals surface area contributed by atoms with Crippen molar-refractivity contribution in [2.24, 2.45) is 34.3 Å². The SMILES string of the molecule is CC(C)=C1[C@H]2[C@@H]1CN(C(=O)[C@@H](NC(=O)N[C@H](CN1CCCS1(=O)=O)C(C)(C)C)C(C)(C)C)[C@@H]2C(=O)NC(CC1CCC1)C(=O)C(N)=O. The van der Waals surface area contributed by atoms with Crippen LogP contribution in [0.3, 0.4) is 0 Å². The Kier molecular flexibility index (Phi) is 10.6. The maximum absolute atomic E-state index is 14.4. The van der Waals surface area contributed by atoms with E-state index in [2.05, 4.69) is 16.0 Å². The third-order valence-electron chi connectivity index (χ3n) is 10.3. The summed E-state index contributed by atoms with van der Waals surface area (Å²) < 4.78 is 26.4. The molecule has 5 N–H and O–H groups in total. The standard InChI is InChI=1S/C33H54N6O7S/c1-18(2)23-20-16-39(25(24(20)23)29(42)35-21(26(40)28(34)41)15-19-11-9-12-19)30(43)27(33(6,7)8)37-31(44)36-22(32(3,4)5)17-38-13-10-14-47(38,45)46/h19-22,24-25,27H,9-17H2,1-8H3,(H2,34,41)(H,35,42)(H2,36,37,44)/t20-,21?,22-,24-,25+,27-/m1/s1. The fraction of sp³-hybridized carbons (Fsp3) is 0.788. The summed E-state index contributed by atoms with van der Waals surface area (Å²) in [6.07, 6.45) is 3.69. The van der Waals surface area contributed by atoms with E-state index in [9.17, 15) is 32.4 Å². The normalized spacial score (nSPS) is 26.0. The molecule has 2 saturated carbocycles. The number of hydrogen-bond donors (Lipinski definition) is 4. The van der Waals surface area contributed by atoms with Crippen molar-refractivity contribution in [2.75, 3.05) is 25.4 Å². The summed E-state index contributed by atoms with van der Waals surface area (Å²) in [5.74, 6) is -2.85. The van der Waals surface area contributed by atoms with Gasteiger partial charge in [-0.15, -0.1) is 0 Å². The van der Waals surface area contributed by atoms with Gasteiger partial charge in [0.05, 0.1) is 11.8 Å². The van der Waals surface area contributed by atoms with E-state index in [1.807, 2.05) is 55.4 Å². The number of hydrogen-bond acceptors (Lipinski definition) is 7. The summed E-state index contributed by atoms with van der Waals surface area (Å²) in [6.45, 7) is 15.9. The summed E-state index contributed by atoms with van der Waals surface area (Å²) in [4.78, 5) is 68.0. The molecule has 4 fully saturated rings. The summed E-state index contributed by atoms with van der Waals surface area (Å²) in [5, 5.41) is 8.56. The van der Waals surface area contributed by atoms with Crippen LogP contribution in [0.4, 0.5) is 4.79 Å². The van der Waals surface area contributed by atoms with Crippen LogP contribution in [0.1, 0.15) is 87.5 Å². The van der Waals surface area contributed by atoms with E-state index in [-0.39, 0.29) is 36.6 Å². The minimum atomic E-state index is -3.39. The second-order valence-electron chi connectivity index (χ2n) is 16.2. The summed E-state index contributed by atoms with van der Waals surface area (Å²) >= 11 is 0. The third kappa shape index (κ3) is 8.18. The van der Waals surface area contributed by atoms with Crippen LogP contribution in [0.15, 0.2) is 11.1 Å². The molecule has 4 aliphatic rings. The number of likely N-dealkylation sites (tertiary alicyclic amines) is 1. The molecule has 14 heteroatoms. The first-order valence-corrected chi connectivity index (χ1v) is 18.4. The molecule has 1 unspecified atom stereocenters. The number of ketones is 1.